The summed E-state index contributed by atoms with van der Waals surface area (Å²) < 4.78 is 14.4. The molecule has 0 unspecified atom stereocenters. The van der Waals surface area contributed by atoms with Gasteiger partial charge in [-0.1, -0.05) is 22.0 Å². The van der Waals surface area contributed by atoms with Crippen molar-refractivity contribution < 1.29 is 14.0 Å². The van der Waals surface area contributed by atoms with E-state index in [4.69, 9.17) is 5.73 Å². The number of fused-ring (bicyclic) bond motifs is 1. The van der Waals surface area contributed by atoms with Crippen molar-refractivity contribution in [2.45, 2.75) is 6.54 Å². The number of benzene rings is 2. The Balaban J connectivity index is 1.95. The number of halogens is 2. The number of nitrogen functional groups attached to an aromatic ring is 1. The predicted molar refractivity (Wildman–Crippen MR) is 79.2 cm³/mol. The van der Waals surface area contributed by atoms with Crippen LogP contribution >= 0.6 is 15.9 Å². The van der Waals surface area contributed by atoms with Gasteiger partial charge in [-0.25, -0.2) is 4.39 Å². The quantitative estimate of drug-likeness (QED) is 0.670. The Morgan fingerprint density at radius 1 is 1.05 bits per heavy atom. The molecule has 0 aromatic heterocycles. The summed E-state index contributed by atoms with van der Waals surface area (Å²) in [5.41, 5.74) is 6.88. The van der Waals surface area contributed by atoms with E-state index in [-0.39, 0.29) is 17.7 Å². The Hall–Kier alpha value is -2.21. The average Bonchev–Trinajstić information content (AvgIpc) is 2.66. The lowest BCUT2D eigenvalue weighted by Gasteiger charge is -2.14. The normalized spacial score (nSPS) is 13.7. The van der Waals surface area contributed by atoms with Gasteiger partial charge in [0, 0.05) is 15.7 Å². The molecule has 106 valence electrons. The van der Waals surface area contributed by atoms with E-state index in [1.165, 1.54) is 24.3 Å². The number of hydrogen-bond acceptors (Lipinski definition) is 3. The highest BCUT2D eigenvalue weighted by Crippen LogP contribution is 2.27. The minimum absolute atomic E-state index is 0.106. The molecule has 0 saturated heterocycles. The third kappa shape index (κ3) is 2.31. The van der Waals surface area contributed by atoms with Gasteiger partial charge >= 0.3 is 0 Å². The third-order valence-electron chi connectivity index (χ3n) is 3.34. The van der Waals surface area contributed by atoms with Gasteiger partial charge in [0.05, 0.1) is 17.7 Å². The van der Waals surface area contributed by atoms with Crippen molar-refractivity contribution >= 4 is 33.4 Å². The van der Waals surface area contributed by atoms with Gasteiger partial charge in [-0.2, -0.15) is 0 Å². The number of imide groups is 1. The molecule has 2 amide bonds. The number of rotatable bonds is 2. The lowest BCUT2D eigenvalue weighted by molar-refractivity contribution is 0.0641. The van der Waals surface area contributed by atoms with Crippen molar-refractivity contribution in [2.75, 3.05) is 5.73 Å². The predicted octanol–water partition coefficient (Wildman–Crippen LogP) is 2.97. The number of nitrogens with two attached hydrogens (primary N) is 1. The number of amides is 2. The molecule has 0 bridgehead atoms. The van der Waals surface area contributed by atoms with Crippen molar-refractivity contribution in [1.29, 1.82) is 0 Å². The zero-order chi connectivity index (χ0) is 15.1. The zero-order valence-corrected chi connectivity index (χ0v) is 12.4. The summed E-state index contributed by atoms with van der Waals surface area (Å²) in [4.78, 5) is 25.5. The maximum absolute atomic E-state index is 13.9. The van der Waals surface area contributed by atoms with Crippen LogP contribution in [-0.2, 0) is 6.54 Å². The van der Waals surface area contributed by atoms with Gasteiger partial charge in [0.2, 0.25) is 0 Å². The molecule has 0 spiro atoms. The van der Waals surface area contributed by atoms with E-state index in [0.717, 1.165) is 4.90 Å². The van der Waals surface area contributed by atoms with Gasteiger partial charge in [0.15, 0.2) is 0 Å². The molecule has 0 saturated carbocycles. The second kappa shape index (κ2) is 4.96. The van der Waals surface area contributed by atoms with Crippen LogP contribution in [-0.4, -0.2) is 16.7 Å². The second-order valence-corrected chi connectivity index (χ2v) is 5.65. The molecular formula is C15H10BrFN2O2. The molecule has 21 heavy (non-hydrogen) atoms. The van der Waals surface area contributed by atoms with E-state index in [9.17, 15) is 14.0 Å². The van der Waals surface area contributed by atoms with E-state index < -0.39 is 17.6 Å². The van der Waals surface area contributed by atoms with Crippen molar-refractivity contribution in [1.82, 2.24) is 4.90 Å². The Labute approximate surface area is 128 Å². The summed E-state index contributed by atoms with van der Waals surface area (Å²) >= 11 is 3.16. The van der Waals surface area contributed by atoms with Gasteiger partial charge in [-0.3, -0.25) is 14.5 Å². The van der Waals surface area contributed by atoms with Crippen LogP contribution in [0, 0.1) is 5.82 Å². The maximum Gasteiger partial charge on any atom is 0.261 e. The summed E-state index contributed by atoms with van der Waals surface area (Å²) in [6.45, 7) is -0.106. The number of hydrogen-bond donors (Lipinski definition) is 1. The van der Waals surface area contributed by atoms with Crippen LogP contribution in [0.15, 0.2) is 40.9 Å². The maximum atomic E-state index is 13.9. The first-order valence-corrected chi connectivity index (χ1v) is 6.96. The molecule has 1 aliphatic heterocycles. The molecular weight excluding hydrogens is 339 g/mol. The van der Waals surface area contributed by atoms with E-state index >= 15 is 0 Å². The van der Waals surface area contributed by atoms with Crippen LogP contribution < -0.4 is 5.73 Å². The Morgan fingerprint density at radius 3 is 2.48 bits per heavy atom. The highest BCUT2D eigenvalue weighted by molar-refractivity contribution is 9.10. The number of carbonyl (C=O) groups is 2. The smallest absolute Gasteiger partial charge is 0.261 e. The fourth-order valence-electron chi connectivity index (χ4n) is 2.27. The average molecular weight is 349 g/mol. The van der Waals surface area contributed by atoms with E-state index in [1.54, 1.807) is 12.1 Å². The van der Waals surface area contributed by atoms with Crippen LogP contribution in [0.5, 0.6) is 0 Å². The molecule has 1 aliphatic rings. The second-order valence-electron chi connectivity index (χ2n) is 4.74. The standard InChI is InChI=1S/C15H10BrFN2O2/c16-9-2-1-8(13(17)5-9)7-19-14(20)11-4-3-10(18)6-12(11)15(19)21/h1-6H,7,18H2. The van der Waals surface area contributed by atoms with Gasteiger partial charge in [0.25, 0.3) is 11.8 Å². The molecule has 0 radical (unpaired) electrons. The molecule has 3 rings (SSSR count). The zero-order valence-electron chi connectivity index (χ0n) is 10.8. The Bertz CT molecular complexity index is 776. The minimum Gasteiger partial charge on any atom is -0.399 e. The van der Waals surface area contributed by atoms with Crippen LogP contribution in [0.2, 0.25) is 0 Å². The van der Waals surface area contributed by atoms with Crippen molar-refractivity contribution in [3.8, 4) is 0 Å². The first-order chi connectivity index (χ1) is 9.97. The number of nitrogens with zero attached hydrogens (tertiary/aromatic N) is 1. The fourth-order valence-corrected chi connectivity index (χ4v) is 2.61. The molecule has 0 fully saturated rings. The Morgan fingerprint density at radius 2 is 1.76 bits per heavy atom. The number of anilines is 1. The van der Waals surface area contributed by atoms with Crippen LogP contribution in [0.3, 0.4) is 0 Å². The highest BCUT2D eigenvalue weighted by Gasteiger charge is 2.35. The topological polar surface area (TPSA) is 63.4 Å². The third-order valence-corrected chi connectivity index (χ3v) is 3.83. The van der Waals surface area contributed by atoms with E-state index in [2.05, 4.69) is 15.9 Å². The van der Waals surface area contributed by atoms with Gasteiger partial charge in [0.1, 0.15) is 5.82 Å². The first kappa shape index (κ1) is 13.8. The summed E-state index contributed by atoms with van der Waals surface area (Å²) in [7, 11) is 0. The lowest BCUT2D eigenvalue weighted by Crippen LogP contribution is -2.29. The molecule has 2 aromatic carbocycles. The molecule has 6 heteroatoms. The van der Waals surface area contributed by atoms with Crippen molar-refractivity contribution in [2.24, 2.45) is 0 Å². The van der Waals surface area contributed by atoms with E-state index in [0.29, 0.717) is 15.7 Å². The summed E-state index contributed by atoms with van der Waals surface area (Å²) in [5, 5.41) is 0. The van der Waals surface area contributed by atoms with Crippen LogP contribution in [0.25, 0.3) is 0 Å². The molecule has 2 N–H and O–H groups in total. The summed E-state index contributed by atoms with van der Waals surface area (Å²) in [5.74, 6) is -1.36. The SMILES string of the molecule is Nc1ccc2c(c1)C(=O)N(Cc1ccc(Br)cc1F)C2=O. The van der Waals surface area contributed by atoms with Crippen molar-refractivity contribution in [3.63, 3.8) is 0 Å². The molecule has 0 atom stereocenters. The monoisotopic (exact) mass is 348 g/mol. The summed E-state index contributed by atoms with van der Waals surface area (Å²) in [6, 6.07) is 9.04. The van der Waals surface area contributed by atoms with E-state index in [1.807, 2.05) is 0 Å². The fraction of sp³-hybridized carbons (Fsp3) is 0.0667. The molecule has 4 nitrogen and oxygen atoms in total. The van der Waals surface area contributed by atoms with Crippen molar-refractivity contribution in [3.05, 3.63) is 63.4 Å². The van der Waals surface area contributed by atoms with Gasteiger partial charge < -0.3 is 5.73 Å². The highest BCUT2D eigenvalue weighted by atomic mass is 79.9. The molecule has 1 heterocycles. The van der Waals surface area contributed by atoms with Crippen LogP contribution in [0.1, 0.15) is 26.3 Å². The lowest BCUT2D eigenvalue weighted by atomic mass is 10.1. The largest absolute Gasteiger partial charge is 0.399 e. The first-order valence-electron chi connectivity index (χ1n) is 6.17. The van der Waals surface area contributed by atoms with Gasteiger partial charge in [-0.15, -0.1) is 0 Å². The van der Waals surface area contributed by atoms with Gasteiger partial charge in [-0.05, 0) is 30.3 Å². The number of carbonyl (C=O) groups excluding carboxylic acids is 2. The summed E-state index contributed by atoms with van der Waals surface area (Å²) in [6.07, 6.45) is 0. The molecule has 2 aromatic rings. The molecule has 0 aliphatic carbocycles. The Kier molecular flexibility index (Phi) is 3.25. The minimum atomic E-state index is -0.472. The van der Waals surface area contributed by atoms with Crippen LogP contribution in [0.4, 0.5) is 10.1 Å².